The summed E-state index contributed by atoms with van der Waals surface area (Å²) in [5.74, 6) is 0.843. The Kier molecular flexibility index (Phi) is 5.81. The zero-order chi connectivity index (χ0) is 13.6. The third-order valence-electron chi connectivity index (χ3n) is 2.46. The SMILES string of the molecule is CC(C)CNCc1ccn(CCCS(C)(=O)=O)n1. The van der Waals surface area contributed by atoms with Crippen LogP contribution < -0.4 is 5.32 Å². The van der Waals surface area contributed by atoms with Gasteiger partial charge >= 0.3 is 0 Å². The highest BCUT2D eigenvalue weighted by molar-refractivity contribution is 7.90. The molecule has 6 heteroatoms. The normalized spacial score (nSPS) is 12.2. The van der Waals surface area contributed by atoms with Crippen molar-refractivity contribution in [2.45, 2.75) is 33.4 Å². The molecule has 104 valence electrons. The van der Waals surface area contributed by atoms with Crippen molar-refractivity contribution < 1.29 is 8.42 Å². The number of hydrogen-bond acceptors (Lipinski definition) is 4. The minimum Gasteiger partial charge on any atom is -0.311 e. The van der Waals surface area contributed by atoms with Gasteiger partial charge in [0.15, 0.2) is 0 Å². The van der Waals surface area contributed by atoms with E-state index >= 15 is 0 Å². The Bertz CT molecular complexity index is 452. The van der Waals surface area contributed by atoms with Crippen LogP contribution in [0.4, 0.5) is 0 Å². The molecule has 0 bridgehead atoms. The Labute approximate surface area is 109 Å². The van der Waals surface area contributed by atoms with Gasteiger partial charge in [0.25, 0.3) is 0 Å². The molecule has 0 aliphatic carbocycles. The summed E-state index contributed by atoms with van der Waals surface area (Å²) in [6.45, 7) is 6.71. The van der Waals surface area contributed by atoms with Gasteiger partial charge in [0.05, 0.1) is 11.4 Å². The minimum atomic E-state index is -2.86. The molecule has 0 fully saturated rings. The fraction of sp³-hybridized carbons (Fsp3) is 0.750. The number of nitrogens with zero attached hydrogens (tertiary/aromatic N) is 2. The van der Waals surface area contributed by atoms with E-state index in [9.17, 15) is 8.42 Å². The summed E-state index contributed by atoms with van der Waals surface area (Å²) in [6, 6.07) is 1.97. The van der Waals surface area contributed by atoms with Gasteiger partial charge in [-0.25, -0.2) is 8.42 Å². The molecule has 1 aromatic rings. The van der Waals surface area contributed by atoms with Gasteiger partial charge < -0.3 is 5.32 Å². The van der Waals surface area contributed by atoms with E-state index in [2.05, 4.69) is 24.3 Å². The summed E-state index contributed by atoms with van der Waals surface area (Å²) in [6.07, 6.45) is 3.77. The molecule has 1 aromatic heterocycles. The molecule has 5 nitrogen and oxygen atoms in total. The lowest BCUT2D eigenvalue weighted by atomic mass is 10.2. The predicted molar refractivity (Wildman–Crippen MR) is 73.1 cm³/mol. The van der Waals surface area contributed by atoms with E-state index < -0.39 is 9.84 Å². The zero-order valence-corrected chi connectivity index (χ0v) is 12.2. The zero-order valence-electron chi connectivity index (χ0n) is 11.4. The van der Waals surface area contributed by atoms with E-state index in [-0.39, 0.29) is 5.75 Å². The van der Waals surface area contributed by atoms with Gasteiger partial charge in [-0.05, 0) is 24.9 Å². The molecule has 0 aliphatic rings. The number of nitrogens with one attached hydrogen (secondary N) is 1. The third kappa shape index (κ3) is 6.76. The molecule has 18 heavy (non-hydrogen) atoms. The maximum absolute atomic E-state index is 11.0. The number of aryl methyl sites for hydroxylation is 1. The highest BCUT2D eigenvalue weighted by atomic mass is 32.2. The van der Waals surface area contributed by atoms with Gasteiger partial charge in [-0.3, -0.25) is 4.68 Å². The Balaban J connectivity index is 2.30. The van der Waals surface area contributed by atoms with Crippen molar-refractivity contribution in [2.24, 2.45) is 5.92 Å². The van der Waals surface area contributed by atoms with Gasteiger partial charge in [0.2, 0.25) is 0 Å². The van der Waals surface area contributed by atoms with E-state index in [0.29, 0.717) is 18.9 Å². The molecule has 0 saturated carbocycles. The molecule has 1 rings (SSSR count). The maximum atomic E-state index is 11.0. The van der Waals surface area contributed by atoms with Gasteiger partial charge in [-0.1, -0.05) is 13.8 Å². The number of sulfone groups is 1. The average Bonchev–Trinajstić information content (AvgIpc) is 2.63. The molecule has 0 amide bonds. The second-order valence-corrected chi connectivity index (χ2v) is 7.34. The van der Waals surface area contributed by atoms with Crippen molar-refractivity contribution in [2.75, 3.05) is 18.6 Å². The quantitative estimate of drug-likeness (QED) is 0.769. The lowest BCUT2D eigenvalue weighted by Crippen LogP contribution is -2.19. The van der Waals surface area contributed by atoms with Crippen LogP contribution in [-0.4, -0.2) is 36.8 Å². The van der Waals surface area contributed by atoms with Crippen LogP contribution in [0, 0.1) is 5.92 Å². The van der Waals surface area contributed by atoms with Crippen LogP contribution in [0.5, 0.6) is 0 Å². The number of rotatable bonds is 8. The second kappa shape index (κ2) is 6.89. The van der Waals surface area contributed by atoms with Crippen molar-refractivity contribution in [3.63, 3.8) is 0 Å². The Hall–Kier alpha value is -0.880. The molecule has 0 radical (unpaired) electrons. The van der Waals surface area contributed by atoms with Crippen molar-refractivity contribution in [1.29, 1.82) is 0 Å². The van der Waals surface area contributed by atoms with E-state index in [1.807, 2.05) is 12.3 Å². The fourth-order valence-electron chi connectivity index (χ4n) is 1.60. The van der Waals surface area contributed by atoms with Crippen LogP contribution in [0.2, 0.25) is 0 Å². The smallest absolute Gasteiger partial charge is 0.147 e. The molecule has 1 heterocycles. The molecule has 0 atom stereocenters. The lowest BCUT2D eigenvalue weighted by Gasteiger charge is -2.05. The Morgan fingerprint density at radius 2 is 2.17 bits per heavy atom. The van der Waals surface area contributed by atoms with Crippen LogP contribution in [-0.2, 0) is 22.9 Å². The van der Waals surface area contributed by atoms with Crippen molar-refractivity contribution in [1.82, 2.24) is 15.1 Å². The topological polar surface area (TPSA) is 64.0 Å². The van der Waals surface area contributed by atoms with Crippen LogP contribution in [0.15, 0.2) is 12.3 Å². The molecule has 0 aliphatic heterocycles. The first-order valence-corrected chi connectivity index (χ1v) is 8.33. The molecule has 0 aromatic carbocycles. The predicted octanol–water partition coefficient (Wildman–Crippen LogP) is 1.06. The lowest BCUT2D eigenvalue weighted by molar-refractivity contribution is 0.536. The van der Waals surface area contributed by atoms with Crippen LogP contribution in [0.25, 0.3) is 0 Å². The Morgan fingerprint density at radius 3 is 2.78 bits per heavy atom. The molecule has 1 N–H and O–H groups in total. The minimum absolute atomic E-state index is 0.216. The highest BCUT2D eigenvalue weighted by Gasteiger charge is 2.03. The standard InChI is InChI=1S/C12H23N3O2S/c1-11(2)9-13-10-12-5-7-15(14-12)6-4-8-18(3,16)17/h5,7,11,13H,4,6,8-10H2,1-3H3. The molecular formula is C12H23N3O2S. The second-order valence-electron chi connectivity index (χ2n) is 5.08. The van der Waals surface area contributed by atoms with E-state index in [0.717, 1.165) is 18.8 Å². The first-order chi connectivity index (χ1) is 8.37. The number of aromatic nitrogens is 2. The number of hydrogen-bond donors (Lipinski definition) is 1. The first kappa shape index (κ1) is 15.2. The van der Waals surface area contributed by atoms with Crippen molar-refractivity contribution >= 4 is 9.84 Å². The van der Waals surface area contributed by atoms with Crippen molar-refractivity contribution in [3.8, 4) is 0 Å². The average molecular weight is 273 g/mol. The Morgan fingerprint density at radius 1 is 1.44 bits per heavy atom. The van der Waals surface area contributed by atoms with Crippen molar-refractivity contribution in [3.05, 3.63) is 18.0 Å². The molecule has 0 unspecified atom stereocenters. The van der Waals surface area contributed by atoms with Crippen LogP contribution in [0.1, 0.15) is 26.0 Å². The molecule has 0 spiro atoms. The van der Waals surface area contributed by atoms with Gasteiger partial charge in [0.1, 0.15) is 9.84 Å². The monoisotopic (exact) mass is 273 g/mol. The van der Waals surface area contributed by atoms with E-state index in [1.54, 1.807) is 4.68 Å². The molecular weight excluding hydrogens is 250 g/mol. The first-order valence-electron chi connectivity index (χ1n) is 6.27. The third-order valence-corrected chi connectivity index (χ3v) is 3.49. The van der Waals surface area contributed by atoms with Gasteiger partial charge in [0, 0.05) is 25.5 Å². The largest absolute Gasteiger partial charge is 0.311 e. The maximum Gasteiger partial charge on any atom is 0.147 e. The summed E-state index contributed by atoms with van der Waals surface area (Å²) in [4.78, 5) is 0. The molecule has 0 saturated heterocycles. The summed E-state index contributed by atoms with van der Waals surface area (Å²) in [7, 11) is -2.86. The summed E-state index contributed by atoms with van der Waals surface area (Å²) < 4.78 is 23.8. The summed E-state index contributed by atoms with van der Waals surface area (Å²) in [5.41, 5.74) is 0.995. The summed E-state index contributed by atoms with van der Waals surface area (Å²) in [5, 5.41) is 7.71. The van der Waals surface area contributed by atoms with E-state index in [1.165, 1.54) is 6.26 Å². The summed E-state index contributed by atoms with van der Waals surface area (Å²) >= 11 is 0. The fourth-order valence-corrected chi connectivity index (χ4v) is 2.25. The van der Waals surface area contributed by atoms with E-state index in [4.69, 9.17) is 0 Å². The van der Waals surface area contributed by atoms with Crippen LogP contribution in [0.3, 0.4) is 0 Å². The van der Waals surface area contributed by atoms with Crippen LogP contribution >= 0.6 is 0 Å². The van der Waals surface area contributed by atoms with Gasteiger partial charge in [-0.2, -0.15) is 5.10 Å². The van der Waals surface area contributed by atoms with Gasteiger partial charge in [-0.15, -0.1) is 0 Å². The highest BCUT2D eigenvalue weighted by Crippen LogP contribution is 1.99.